The summed E-state index contributed by atoms with van der Waals surface area (Å²) in [5.41, 5.74) is 1.21. The van der Waals surface area contributed by atoms with Gasteiger partial charge >= 0.3 is 0 Å². The molecule has 20 heavy (non-hydrogen) atoms. The van der Waals surface area contributed by atoms with Crippen LogP contribution in [0, 0.1) is 0 Å². The molecule has 0 bridgehead atoms. The van der Waals surface area contributed by atoms with Gasteiger partial charge in [-0.2, -0.15) is 0 Å². The first-order chi connectivity index (χ1) is 9.75. The lowest BCUT2D eigenvalue weighted by atomic mass is 9.98. The highest BCUT2D eigenvalue weighted by molar-refractivity contribution is 9.10. The Balaban J connectivity index is 1.53. The van der Waals surface area contributed by atoms with Gasteiger partial charge < -0.3 is 10.1 Å². The maximum atomic E-state index is 6.07. The number of hydrogen-bond donors (Lipinski definition) is 1. The monoisotopic (exact) mass is 359 g/mol. The van der Waals surface area contributed by atoms with Gasteiger partial charge in [-0.25, -0.2) is 0 Å². The fourth-order valence-corrected chi connectivity index (χ4v) is 3.01. The second kappa shape index (κ2) is 9.04. The smallest absolute Gasteiger partial charge is 0.0575 e. The van der Waals surface area contributed by atoms with E-state index in [1.807, 2.05) is 12.1 Å². The van der Waals surface area contributed by atoms with Crippen LogP contribution < -0.4 is 5.32 Å². The van der Waals surface area contributed by atoms with Gasteiger partial charge in [0.2, 0.25) is 0 Å². The van der Waals surface area contributed by atoms with Crippen molar-refractivity contribution in [1.29, 1.82) is 0 Å². The van der Waals surface area contributed by atoms with Gasteiger partial charge in [-0.15, -0.1) is 0 Å². The number of nitrogens with one attached hydrogen (secondary N) is 1. The molecule has 0 unspecified atom stereocenters. The summed E-state index contributed by atoms with van der Waals surface area (Å²) in [6.07, 6.45) is 8.17. The van der Waals surface area contributed by atoms with Crippen molar-refractivity contribution in [2.75, 3.05) is 13.2 Å². The van der Waals surface area contributed by atoms with Crippen LogP contribution >= 0.6 is 27.5 Å². The van der Waals surface area contributed by atoms with Gasteiger partial charge in [0, 0.05) is 17.6 Å². The van der Waals surface area contributed by atoms with Crippen molar-refractivity contribution in [1.82, 2.24) is 5.32 Å². The van der Waals surface area contributed by atoms with Crippen molar-refractivity contribution in [2.24, 2.45) is 0 Å². The summed E-state index contributed by atoms with van der Waals surface area (Å²) in [4.78, 5) is 0. The molecule has 1 N–H and O–H groups in total. The van der Waals surface area contributed by atoms with Crippen LogP contribution in [0.3, 0.4) is 0 Å². The van der Waals surface area contributed by atoms with Gasteiger partial charge in [0.1, 0.15) is 0 Å². The molecule has 1 aromatic carbocycles. The number of hydrogen-bond acceptors (Lipinski definition) is 2. The van der Waals surface area contributed by atoms with Crippen LogP contribution in [-0.2, 0) is 11.3 Å². The second-order valence-corrected chi connectivity index (χ2v) is 6.67. The van der Waals surface area contributed by atoms with Crippen molar-refractivity contribution < 1.29 is 4.74 Å². The molecule has 0 aromatic heterocycles. The Hall–Kier alpha value is -0.0900. The molecule has 0 heterocycles. The van der Waals surface area contributed by atoms with Gasteiger partial charge in [-0.3, -0.25) is 0 Å². The highest BCUT2D eigenvalue weighted by Gasteiger charge is 2.12. The average Bonchev–Trinajstić information content (AvgIpc) is 2.47. The molecule has 1 fully saturated rings. The Labute approximate surface area is 135 Å². The quantitative estimate of drug-likeness (QED) is 0.696. The first-order valence-electron chi connectivity index (χ1n) is 7.52. The first-order valence-corrected chi connectivity index (χ1v) is 8.69. The van der Waals surface area contributed by atoms with E-state index in [0.29, 0.717) is 6.10 Å². The van der Waals surface area contributed by atoms with E-state index in [-0.39, 0.29) is 0 Å². The molecule has 1 aliphatic rings. The minimum Gasteiger partial charge on any atom is -0.378 e. The molecule has 4 heteroatoms. The number of benzene rings is 1. The van der Waals surface area contributed by atoms with Crippen LogP contribution in [-0.4, -0.2) is 19.3 Å². The van der Waals surface area contributed by atoms with Crippen LogP contribution in [0.5, 0.6) is 0 Å². The van der Waals surface area contributed by atoms with E-state index in [1.54, 1.807) is 0 Å². The molecule has 0 radical (unpaired) electrons. The van der Waals surface area contributed by atoms with Crippen molar-refractivity contribution >= 4 is 27.5 Å². The third kappa shape index (κ3) is 5.72. The van der Waals surface area contributed by atoms with Crippen molar-refractivity contribution in [3.63, 3.8) is 0 Å². The predicted octanol–water partition coefficient (Wildman–Crippen LogP) is 4.93. The molecule has 2 nitrogen and oxygen atoms in total. The maximum absolute atomic E-state index is 6.07. The van der Waals surface area contributed by atoms with Crippen LogP contribution in [0.15, 0.2) is 22.7 Å². The lowest BCUT2D eigenvalue weighted by Crippen LogP contribution is -2.20. The lowest BCUT2D eigenvalue weighted by Gasteiger charge is -2.21. The van der Waals surface area contributed by atoms with E-state index in [9.17, 15) is 0 Å². The van der Waals surface area contributed by atoms with E-state index < -0.39 is 0 Å². The zero-order valence-corrected chi connectivity index (χ0v) is 14.2. The summed E-state index contributed by atoms with van der Waals surface area (Å²) < 4.78 is 6.85. The fourth-order valence-electron chi connectivity index (χ4n) is 2.56. The predicted molar refractivity (Wildman–Crippen MR) is 88.3 cm³/mol. The highest BCUT2D eigenvalue weighted by Crippen LogP contribution is 2.23. The Morgan fingerprint density at radius 1 is 1.25 bits per heavy atom. The largest absolute Gasteiger partial charge is 0.378 e. The molecule has 1 aromatic rings. The van der Waals surface area contributed by atoms with E-state index in [4.69, 9.17) is 16.3 Å². The molecule has 1 aliphatic carbocycles. The molecular weight excluding hydrogens is 338 g/mol. The van der Waals surface area contributed by atoms with Gasteiger partial charge in [-0.05, 0) is 59.4 Å². The number of halogens is 2. The fraction of sp³-hybridized carbons (Fsp3) is 0.625. The van der Waals surface area contributed by atoms with Crippen molar-refractivity contribution in [3.05, 3.63) is 33.3 Å². The molecule has 112 valence electrons. The van der Waals surface area contributed by atoms with Crippen molar-refractivity contribution in [2.45, 2.75) is 51.2 Å². The number of ether oxygens (including phenoxy) is 1. The summed E-state index contributed by atoms with van der Waals surface area (Å²) in [5.74, 6) is 0. The van der Waals surface area contributed by atoms with Gasteiger partial charge in [0.25, 0.3) is 0 Å². The minimum atomic E-state index is 0.522. The zero-order chi connectivity index (χ0) is 14.2. The Kier molecular flexibility index (Phi) is 7.36. The Bertz CT molecular complexity index is 407. The molecule has 0 amide bonds. The van der Waals surface area contributed by atoms with Crippen LogP contribution in [0.1, 0.15) is 44.1 Å². The SMILES string of the molecule is Clc1cc(CNCCCOC2CCCCC2)ccc1Br. The first kappa shape index (κ1) is 16.3. The van der Waals surface area contributed by atoms with Crippen molar-refractivity contribution in [3.8, 4) is 0 Å². The highest BCUT2D eigenvalue weighted by atomic mass is 79.9. The minimum absolute atomic E-state index is 0.522. The summed E-state index contributed by atoms with van der Waals surface area (Å²) in [7, 11) is 0. The molecule has 0 spiro atoms. The maximum Gasteiger partial charge on any atom is 0.0575 e. The lowest BCUT2D eigenvalue weighted by molar-refractivity contribution is 0.0273. The van der Waals surface area contributed by atoms with E-state index in [0.717, 1.165) is 35.6 Å². The molecule has 0 aliphatic heterocycles. The summed E-state index contributed by atoms with van der Waals surface area (Å²) >= 11 is 9.47. The second-order valence-electron chi connectivity index (χ2n) is 5.41. The Morgan fingerprint density at radius 2 is 2.05 bits per heavy atom. The summed E-state index contributed by atoms with van der Waals surface area (Å²) in [5, 5.41) is 4.20. The van der Waals surface area contributed by atoms with Gasteiger partial charge in [-0.1, -0.05) is 36.9 Å². The standard InChI is InChI=1S/C16H23BrClNO/c17-15-8-7-13(11-16(15)18)12-19-9-4-10-20-14-5-2-1-3-6-14/h7-8,11,14,19H,1-6,9-10,12H2. The van der Waals surface area contributed by atoms with Crippen LogP contribution in [0.4, 0.5) is 0 Å². The topological polar surface area (TPSA) is 21.3 Å². The number of rotatable bonds is 7. The van der Waals surface area contributed by atoms with E-state index >= 15 is 0 Å². The van der Waals surface area contributed by atoms with E-state index in [1.165, 1.54) is 37.7 Å². The van der Waals surface area contributed by atoms with Crippen LogP contribution in [0.25, 0.3) is 0 Å². The van der Waals surface area contributed by atoms with Crippen LogP contribution in [0.2, 0.25) is 5.02 Å². The third-order valence-electron chi connectivity index (χ3n) is 3.72. The summed E-state index contributed by atoms with van der Waals surface area (Å²) in [6, 6.07) is 6.07. The normalized spacial score (nSPS) is 16.5. The summed E-state index contributed by atoms with van der Waals surface area (Å²) in [6.45, 7) is 2.72. The molecule has 0 saturated heterocycles. The van der Waals surface area contributed by atoms with E-state index in [2.05, 4.69) is 27.3 Å². The zero-order valence-electron chi connectivity index (χ0n) is 11.8. The average molecular weight is 361 g/mol. The molecule has 1 saturated carbocycles. The molecule has 2 rings (SSSR count). The van der Waals surface area contributed by atoms with Gasteiger partial charge in [0.15, 0.2) is 0 Å². The third-order valence-corrected chi connectivity index (χ3v) is 4.95. The molecular formula is C16H23BrClNO. The molecule has 0 atom stereocenters. The van der Waals surface area contributed by atoms with Gasteiger partial charge in [0.05, 0.1) is 11.1 Å². The Morgan fingerprint density at radius 3 is 2.80 bits per heavy atom.